The summed E-state index contributed by atoms with van der Waals surface area (Å²) in [5.74, 6) is -0.344. The molecule has 1 aliphatic carbocycles. The summed E-state index contributed by atoms with van der Waals surface area (Å²) in [5.41, 5.74) is 1.29. The van der Waals surface area contributed by atoms with Crippen molar-refractivity contribution >= 4 is 51.5 Å². The first-order valence-corrected chi connectivity index (χ1v) is 12.8. The molecule has 35 heavy (non-hydrogen) atoms. The molecule has 4 amide bonds. The van der Waals surface area contributed by atoms with Crippen molar-refractivity contribution in [3.8, 4) is 11.5 Å². The van der Waals surface area contributed by atoms with Gasteiger partial charge < -0.3 is 9.47 Å². The number of carbonyl (C=O) groups is 3. The van der Waals surface area contributed by atoms with Crippen LogP contribution in [0.4, 0.5) is 4.79 Å². The van der Waals surface area contributed by atoms with Crippen molar-refractivity contribution in [2.45, 2.75) is 51.7 Å². The van der Waals surface area contributed by atoms with E-state index in [0.717, 1.165) is 37.7 Å². The minimum atomic E-state index is -0.712. The summed E-state index contributed by atoms with van der Waals surface area (Å²) in [4.78, 5) is 39.5. The Morgan fingerprint density at radius 2 is 1.80 bits per heavy atom. The van der Waals surface area contributed by atoms with Gasteiger partial charge in [-0.15, -0.1) is 0 Å². The first kappa shape index (κ1) is 25.3. The maximum Gasteiger partial charge on any atom is 0.331 e. The number of urea groups is 1. The molecule has 2 aromatic rings. The van der Waals surface area contributed by atoms with Gasteiger partial charge in [0.25, 0.3) is 11.8 Å². The van der Waals surface area contributed by atoms with E-state index < -0.39 is 17.8 Å². The van der Waals surface area contributed by atoms with E-state index in [1.165, 1.54) is 11.0 Å². The van der Waals surface area contributed by atoms with Gasteiger partial charge in [-0.1, -0.05) is 65.0 Å². The zero-order valence-corrected chi connectivity index (χ0v) is 21.7. The third-order valence-electron chi connectivity index (χ3n) is 6.08. The Bertz CT molecular complexity index is 1180. The van der Waals surface area contributed by atoms with Crippen LogP contribution >= 0.6 is 27.5 Å². The number of carbonyl (C=O) groups excluding carboxylic acids is 3. The molecule has 1 saturated carbocycles. The maximum atomic E-state index is 13.2. The highest BCUT2D eigenvalue weighted by Crippen LogP contribution is 2.36. The summed E-state index contributed by atoms with van der Waals surface area (Å²) in [6, 6.07) is 9.98. The van der Waals surface area contributed by atoms with Crippen molar-refractivity contribution in [3.63, 3.8) is 0 Å². The van der Waals surface area contributed by atoms with Crippen molar-refractivity contribution in [2.75, 3.05) is 6.61 Å². The van der Waals surface area contributed by atoms with Crippen LogP contribution in [0.5, 0.6) is 11.5 Å². The number of rotatable bonds is 7. The Labute approximate surface area is 217 Å². The highest BCUT2D eigenvalue weighted by Gasteiger charge is 2.40. The highest BCUT2D eigenvalue weighted by molar-refractivity contribution is 9.10. The predicted octanol–water partition coefficient (Wildman–Crippen LogP) is 5.87. The smallest absolute Gasteiger partial charge is 0.331 e. The first-order chi connectivity index (χ1) is 16.9. The molecular weight excluding hydrogens is 536 g/mol. The molecule has 9 heteroatoms. The van der Waals surface area contributed by atoms with Crippen molar-refractivity contribution < 1.29 is 23.9 Å². The molecule has 2 aliphatic rings. The topological polar surface area (TPSA) is 84.9 Å². The van der Waals surface area contributed by atoms with Crippen molar-refractivity contribution in [1.29, 1.82) is 0 Å². The lowest BCUT2D eigenvalue weighted by Crippen LogP contribution is -2.58. The second-order valence-electron chi connectivity index (χ2n) is 8.42. The standard InChI is InChI=1S/C26H26BrClN2O5/c1-2-34-22-13-17(20(27)14-23(22)35-15-16-8-6-7-11-21(16)28)12-19-24(31)29-26(33)30(25(19)32)18-9-4-3-5-10-18/h6-8,11-14,18H,2-5,9-10,15H2,1H3,(H,29,31,33). The number of barbiturate groups is 1. The molecule has 7 nitrogen and oxygen atoms in total. The van der Waals surface area contributed by atoms with Crippen LogP contribution in [0, 0.1) is 0 Å². The normalized spacial score (nSPS) is 18.1. The number of ether oxygens (including phenoxy) is 2. The molecule has 0 aromatic heterocycles. The van der Waals surface area contributed by atoms with Crippen LogP contribution in [0.3, 0.4) is 0 Å². The monoisotopic (exact) mass is 560 g/mol. The van der Waals surface area contributed by atoms with Gasteiger partial charge in [-0.25, -0.2) is 4.79 Å². The number of imide groups is 2. The van der Waals surface area contributed by atoms with E-state index in [4.69, 9.17) is 21.1 Å². The average Bonchev–Trinajstić information content (AvgIpc) is 2.84. The number of benzene rings is 2. The van der Waals surface area contributed by atoms with Crippen LogP contribution < -0.4 is 14.8 Å². The Morgan fingerprint density at radius 3 is 2.51 bits per heavy atom. The van der Waals surface area contributed by atoms with E-state index in [1.54, 1.807) is 18.2 Å². The SMILES string of the molecule is CCOc1cc(C=C2C(=O)NC(=O)N(C3CCCCC3)C2=O)c(Br)cc1OCc1ccccc1Cl. The molecule has 2 aromatic carbocycles. The molecule has 0 atom stereocenters. The quantitative estimate of drug-likeness (QED) is 0.337. The van der Waals surface area contributed by atoms with E-state index in [0.29, 0.717) is 33.2 Å². The van der Waals surface area contributed by atoms with E-state index in [1.807, 2.05) is 25.1 Å². The Morgan fingerprint density at radius 1 is 1.09 bits per heavy atom. The first-order valence-electron chi connectivity index (χ1n) is 11.6. The molecule has 0 bridgehead atoms. The van der Waals surface area contributed by atoms with E-state index in [2.05, 4.69) is 21.2 Å². The van der Waals surface area contributed by atoms with Crippen molar-refractivity contribution in [3.05, 3.63) is 62.6 Å². The summed E-state index contributed by atoms with van der Waals surface area (Å²) < 4.78 is 12.3. The molecule has 1 N–H and O–H groups in total. The molecule has 4 rings (SSSR count). The minimum Gasteiger partial charge on any atom is -0.490 e. The molecule has 2 fully saturated rings. The lowest BCUT2D eigenvalue weighted by atomic mass is 9.93. The molecule has 184 valence electrons. The van der Waals surface area contributed by atoms with Gasteiger partial charge in [-0.2, -0.15) is 0 Å². The second kappa shape index (κ2) is 11.3. The van der Waals surface area contributed by atoms with Crippen LogP contribution in [0.25, 0.3) is 6.08 Å². The number of nitrogens with zero attached hydrogens (tertiary/aromatic N) is 1. The number of amides is 4. The highest BCUT2D eigenvalue weighted by atomic mass is 79.9. The average molecular weight is 562 g/mol. The second-order valence-corrected chi connectivity index (χ2v) is 9.68. The number of halogens is 2. The third kappa shape index (κ3) is 5.70. The van der Waals surface area contributed by atoms with Gasteiger partial charge in [-0.05, 0) is 49.6 Å². The minimum absolute atomic E-state index is 0.0944. The van der Waals surface area contributed by atoms with Gasteiger partial charge in [0.05, 0.1) is 6.61 Å². The molecule has 0 unspecified atom stereocenters. The summed E-state index contributed by atoms with van der Waals surface area (Å²) >= 11 is 9.75. The fraction of sp³-hybridized carbons (Fsp3) is 0.346. The van der Waals surface area contributed by atoms with E-state index >= 15 is 0 Å². The van der Waals surface area contributed by atoms with Crippen LogP contribution in [0.1, 0.15) is 50.2 Å². The number of hydrogen-bond acceptors (Lipinski definition) is 5. The van der Waals surface area contributed by atoms with Gasteiger partial charge in [0, 0.05) is 21.1 Å². The molecule has 1 saturated heterocycles. The van der Waals surface area contributed by atoms with Crippen LogP contribution in [-0.2, 0) is 16.2 Å². The molecule has 1 heterocycles. The largest absolute Gasteiger partial charge is 0.490 e. The zero-order chi connectivity index (χ0) is 24.9. The van der Waals surface area contributed by atoms with E-state index in [-0.39, 0.29) is 18.2 Å². The van der Waals surface area contributed by atoms with Crippen molar-refractivity contribution in [1.82, 2.24) is 10.2 Å². The molecule has 0 radical (unpaired) electrons. The van der Waals surface area contributed by atoms with Gasteiger partial charge in [0.1, 0.15) is 12.2 Å². The fourth-order valence-electron chi connectivity index (χ4n) is 4.31. The molecular formula is C26H26BrClN2O5. The Kier molecular flexibility index (Phi) is 8.13. The number of nitrogens with one attached hydrogen (secondary N) is 1. The van der Waals surface area contributed by atoms with Gasteiger partial charge in [0.15, 0.2) is 11.5 Å². The lowest BCUT2D eigenvalue weighted by molar-refractivity contribution is -0.132. The summed E-state index contributed by atoms with van der Waals surface area (Å²) in [7, 11) is 0. The van der Waals surface area contributed by atoms with Crippen LogP contribution in [0.2, 0.25) is 5.02 Å². The predicted molar refractivity (Wildman–Crippen MR) is 136 cm³/mol. The zero-order valence-electron chi connectivity index (χ0n) is 19.3. The van der Waals surface area contributed by atoms with Crippen molar-refractivity contribution in [2.24, 2.45) is 0 Å². The van der Waals surface area contributed by atoms with E-state index in [9.17, 15) is 14.4 Å². The molecule has 0 spiro atoms. The van der Waals surface area contributed by atoms with Gasteiger partial charge >= 0.3 is 6.03 Å². The summed E-state index contributed by atoms with van der Waals surface area (Å²) in [6.45, 7) is 2.49. The maximum absolute atomic E-state index is 13.2. The van der Waals surface area contributed by atoms with Gasteiger partial charge in [0.2, 0.25) is 0 Å². The summed E-state index contributed by atoms with van der Waals surface area (Å²) in [6.07, 6.45) is 5.96. The van der Waals surface area contributed by atoms with Crippen LogP contribution in [0.15, 0.2) is 46.4 Å². The fourth-order valence-corrected chi connectivity index (χ4v) is 4.94. The van der Waals surface area contributed by atoms with Gasteiger partial charge in [-0.3, -0.25) is 19.8 Å². The lowest BCUT2D eigenvalue weighted by Gasteiger charge is -2.35. The number of hydrogen-bond donors (Lipinski definition) is 1. The third-order valence-corrected chi connectivity index (χ3v) is 7.13. The Balaban J connectivity index is 1.63. The summed E-state index contributed by atoms with van der Waals surface area (Å²) in [5, 5.41) is 2.92. The molecule has 1 aliphatic heterocycles. The Hall–Kier alpha value is -2.84. The van der Waals surface area contributed by atoms with Crippen LogP contribution in [-0.4, -0.2) is 35.4 Å².